The number of aromatic nitrogens is 4. The van der Waals surface area contributed by atoms with E-state index in [4.69, 9.17) is 4.74 Å². The van der Waals surface area contributed by atoms with Crippen molar-refractivity contribution in [2.75, 3.05) is 32.1 Å². The summed E-state index contributed by atoms with van der Waals surface area (Å²) in [7, 11) is 1.78. The van der Waals surface area contributed by atoms with Crippen LogP contribution >= 0.6 is 0 Å². The molecule has 0 aromatic carbocycles. The number of carbonyl (C=O) groups excluding carboxylic acids is 1. The van der Waals surface area contributed by atoms with Crippen LogP contribution in [0.15, 0.2) is 18.3 Å². The first-order chi connectivity index (χ1) is 11.6. The van der Waals surface area contributed by atoms with Crippen molar-refractivity contribution in [3.63, 3.8) is 0 Å². The molecule has 0 saturated carbocycles. The number of pyridine rings is 1. The SMILES string of the molecule is Cc1nc(-c2ccnc(NC(=O)N(C)CC3CCCOC3)c2)n[nH]1. The van der Waals surface area contributed by atoms with E-state index >= 15 is 0 Å². The van der Waals surface area contributed by atoms with Crippen LogP contribution in [0.3, 0.4) is 0 Å². The number of rotatable bonds is 4. The van der Waals surface area contributed by atoms with E-state index in [-0.39, 0.29) is 6.03 Å². The summed E-state index contributed by atoms with van der Waals surface area (Å²) in [6.07, 6.45) is 3.78. The summed E-state index contributed by atoms with van der Waals surface area (Å²) in [4.78, 5) is 22.5. The average Bonchev–Trinajstić information content (AvgIpc) is 3.02. The van der Waals surface area contributed by atoms with Crippen LogP contribution in [0.2, 0.25) is 0 Å². The lowest BCUT2D eigenvalue weighted by Crippen LogP contribution is -2.37. The van der Waals surface area contributed by atoms with Gasteiger partial charge in [0.2, 0.25) is 0 Å². The van der Waals surface area contributed by atoms with Crippen LogP contribution in [0.25, 0.3) is 11.4 Å². The van der Waals surface area contributed by atoms with E-state index in [2.05, 4.69) is 25.5 Å². The lowest BCUT2D eigenvalue weighted by atomic mass is 10.0. The molecule has 2 amide bonds. The van der Waals surface area contributed by atoms with Gasteiger partial charge in [-0.2, -0.15) is 5.10 Å². The highest BCUT2D eigenvalue weighted by Gasteiger charge is 2.19. The van der Waals surface area contributed by atoms with E-state index in [9.17, 15) is 4.79 Å². The van der Waals surface area contributed by atoms with Crippen molar-refractivity contribution in [3.05, 3.63) is 24.2 Å². The molecule has 1 saturated heterocycles. The maximum Gasteiger partial charge on any atom is 0.322 e. The van der Waals surface area contributed by atoms with Gasteiger partial charge in [0.1, 0.15) is 11.6 Å². The van der Waals surface area contributed by atoms with Gasteiger partial charge in [0.05, 0.1) is 6.61 Å². The highest BCUT2D eigenvalue weighted by Crippen LogP contribution is 2.18. The second-order valence-corrected chi connectivity index (χ2v) is 6.07. The first kappa shape index (κ1) is 16.4. The van der Waals surface area contributed by atoms with Crippen molar-refractivity contribution in [2.24, 2.45) is 5.92 Å². The van der Waals surface area contributed by atoms with E-state index in [1.807, 2.05) is 6.92 Å². The number of nitrogens with zero attached hydrogens (tertiary/aromatic N) is 4. The predicted octanol–water partition coefficient (Wildman–Crippen LogP) is 2.07. The Morgan fingerprint density at radius 1 is 1.54 bits per heavy atom. The normalized spacial score (nSPS) is 17.5. The fourth-order valence-corrected chi connectivity index (χ4v) is 2.74. The number of amides is 2. The van der Waals surface area contributed by atoms with Crippen molar-refractivity contribution < 1.29 is 9.53 Å². The third kappa shape index (κ3) is 4.08. The number of carbonyl (C=O) groups is 1. The largest absolute Gasteiger partial charge is 0.381 e. The number of anilines is 1. The van der Waals surface area contributed by atoms with Gasteiger partial charge in [0.15, 0.2) is 5.82 Å². The molecule has 1 aliphatic rings. The van der Waals surface area contributed by atoms with Crippen LogP contribution in [0.1, 0.15) is 18.7 Å². The third-order valence-corrected chi connectivity index (χ3v) is 3.98. The lowest BCUT2D eigenvalue weighted by Gasteiger charge is -2.27. The topological polar surface area (TPSA) is 96.0 Å². The molecule has 0 spiro atoms. The molecule has 3 rings (SSSR count). The summed E-state index contributed by atoms with van der Waals surface area (Å²) >= 11 is 0. The fourth-order valence-electron chi connectivity index (χ4n) is 2.74. The molecule has 2 aromatic heterocycles. The molecule has 8 nitrogen and oxygen atoms in total. The number of hydrogen-bond donors (Lipinski definition) is 2. The highest BCUT2D eigenvalue weighted by molar-refractivity contribution is 5.88. The molecule has 0 radical (unpaired) electrons. The molecule has 8 heteroatoms. The zero-order valence-corrected chi connectivity index (χ0v) is 14.0. The Labute approximate surface area is 140 Å². The fraction of sp³-hybridized carbons (Fsp3) is 0.500. The molecule has 24 heavy (non-hydrogen) atoms. The number of aryl methyl sites for hydroxylation is 1. The maximum absolute atomic E-state index is 12.3. The van der Waals surface area contributed by atoms with Crippen LogP contribution in [0.5, 0.6) is 0 Å². The van der Waals surface area contributed by atoms with E-state index < -0.39 is 0 Å². The highest BCUT2D eigenvalue weighted by atomic mass is 16.5. The molecule has 2 N–H and O–H groups in total. The second-order valence-electron chi connectivity index (χ2n) is 6.07. The number of nitrogens with one attached hydrogen (secondary N) is 2. The smallest absolute Gasteiger partial charge is 0.322 e. The van der Waals surface area contributed by atoms with Crippen molar-refractivity contribution in [3.8, 4) is 11.4 Å². The molecule has 0 aliphatic carbocycles. The zero-order chi connectivity index (χ0) is 16.9. The molecule has 0 bridgehead atoms. The molecule has 1 fully saturated rings. The Morgan fingerprint density at radius 3 is 3.12 bits per heavy atom. The first-order valence-electron chi connectivity index (χ1n) is 8.07. The Hall–Kier alpha value is -2.48. The zero-order valence-electron chi connectivity index (χ0n) is 14.0. The van der Waals surface area contributed by atoms with Gasteiger partial charge in [-0.1, -0.05) is 0 Å². The van der Waals surface area contributed by atoms with Gasteiger partial charge >= 0.3 is 6.03 Å². The monoisotopic (exact) mass is 330 g/mol. The summed E-state index contributed by atoms with van der Waals surface area (Å²) in [6.45, 7) is 4.05. The van der Waals surface area contributed by atoms with Gasteiger partial charge in [-0.25, -0.2) is 14.8 Å². The molecule has 3 heterocycles. The van der Waals surface area contributed by atoms with E-state index in [1.54, 1.807) is 30.3 Å². The lowest BCUT2D eigenvalue weighted by molar-refractivity contribution is 0.0464. The minimum Gasteiger partial charge on any atom is -0.381 e. The summed E-state index contributed by atoms with van der Waals surface area (Å²) < 4.78 is 5.46. The van der Waals surface area contributed by atoms with Crippen LogP contribution in [0.4, 0.5) is 10.6 Å². The molecule has 128 valence electrons. The van der Waals surface area contributed by atoms with Gasteiger partial charge in [-0.05, 0) is 31.9 Å². The third-order valence-electron chi connectivity index (χ3n) is 3.98. The molecule has 1 unspecified atom stereocenters. The van der Waals surface area contributed by atoms with Crippen LogP contribution < -0.4 is 5.32 Å². The van der Waals surface area contributed by atoms with E-state index in [0.717, 1.165) is 37.4 Å². The van der Waals surface area contributed by atoms with Gasteiger partial charge in [-0.3, -0.25) is 10.4 Å². The molecule has 1 atom stereocenters. The molecular formula is C16H22N6O2. The van der Waals surface area contributed by atoms with Crippen molar-refractivity contribution in [1.29, 1.82) is 0 Å². The van der Waals surface area contributed by atoms with Crippen molar-refractivity contribution >= 4 is 11.8 Å². The number of hydrogen-bond acceptors (Lipinski definition) is 5. The Morgan fingerprint density at radius 2 is 2.42 bits per heavy atom. The standard InChI is InChI=1S/C16H22N6O2/c1-11-18-15(21-20-11)13-5-6-17-14(8-13)19-16(23)22(2)9-12-4-3-7-24-10-12/h5-6,8,12H,3-4,7,9-10H2,1-2H3,(H,17,19,23)(H,18,20,21). The predicted molar refractivity (Wildman–Crippen MR) is 89.5 cm³/mol. The Bertz CT molecular complexity index is 695. The molecule has 2 aromatic rings. The second kappa shape index (κ2) is 7.39. The van der Waals surface area contributed by atoms with Gasteiger partial charge in [-0.15, -0.1) is 0 Å². The maximum atomic E-state index is 12.3. The van der Waals surface area contributed by atoms with Crippen LogP contribution in [-0.2, 0) is 4.74 Å². The summed E-state index contributed by atoms with van der Waals surface area (Å²) in [5.74, 6) is 2.19. The summed E-state index contributed by atoms with van der Waals surface area (Å²) in [5.41, 5.74) is 0.799. The number of H-pyrrole nitrogens is 1. The number of urea groups is 1. The average molecular weight is 330 g/mol. The van der Waals surface area contributed by atoms with E-state index in [1.165, 1.54) is 0 Å². The minimum absolute atomic E-state index is 0.184. The molecule has 1 aliphatic heterocycles. The molecular weight excluding hydrogens is 308 g/mol. The van der Waals surface area contributed by atoms with Gasteiger partial charge < -0.3 is 9.64 Å². The minimum atomic E-state index is -0.184. The van der Waals surface area contributed by atoms with Gasteiger partial charge in [0.25, 0.3) is 0 Å². The summed E-state index contributed by atoms with van der Waals surface area (Å²) in [6, 6.07) is 3.38. The Balaban J connectivity index is 1.61. The first-order valence-corrected chi connectivity index (χ1v) is 8.07. The Kier molecular flexibility index (Phi) is 5.05. The number of ether oxygens (including phenoxy) is 1. The summed E-state index contributed by atoms with van der Waals surface area (Å²) in [5, 5.41) is 9.74. The quantitative estimate of drug-likeness (QED) is 0.894. The van der Waals surface area contributed by atoms with E-state index in [0.29, 0.717) is 24.1 Å². The van der Waals surface area contributed by atoms with Crippen molar-refractivity contribution in [1.82, 2.24) is 25.1 Å². The number of aromatic amines is 1. The van der Waals surface area contributed by atoms with Crippen LogP contribution in [0, 0.1) is 12.8 Å². The van der Waals surface area contributed by atoms with Gasteiger partial charge in [0, 0.05) is 37.9 Å². The van der Waals surface area contributed by atoms with Crippen molar-refractivity contribution in [2.45, 2.75) is 19.8 Å². The van der Waals surface area contributed by atoms with Crippen LogP contribution in [-0.4, -0.2) is 57.9 Å².